The SMILES string of the molecule is Cc1c(N2C(=O)CS(=O)(=O)[C@@H]2c2ccc(Cl)cc2Cl)c(=O)n(-c2ccccc2)n1C. The van der Waals surface area contributed by atoms with E-state index in [4.69, 9.17) is 23.2 Å². The van der Waals surface area contributed by atoms with Crippen molar-refractivity contribution in [3.8, 4) is 5.69 Å². The number of hydrogen-bond acceptors (Lipinski definition) is 4. The van der Waals surface area contributed by atoms with Crippen molar-refractivity contribution in [3.63, 3.8) is 0 Å². The third-order valence-corrected chi connectivity index (χ3v) is 7.52. The number of carbonyl (C=O) groups is 1. The first-order valence-electron chi connectivity index (χ1n) is 8.96. The van der Waals surface area contributed by atoms with Gasteiger partial charge in [0, 0.05) is 22.7 Å². The van der Waals surface area contributed by atoms with E-state index < -0.39 is 32.4 Å². The van der Waals surface area contributed by atoms with Crippen LogP contribution >= 0.6 is 23.2 Å². The quantitative estimate of drug-likeness (QED) is 0.594. The van der Waals surface area contributed by atoms with Gasteiger partial charge in [0.25, 0.3) is 5.56 Å². The summed E-state index contributed by atoms with van der Waals surface area (Å²) in [4.78, 5) is 27.2. The van der Waals surface area contributed by atoms with Gasteiger partial charge < -0.3 is 0 Å². The minimum atomic E-state index is -3.93. The highest BCUT2D eigenvalue weighted by molar-refractivity contribution is 7.93. The molecule has 0 spiro atoms. The molecule has 7 nitrogen and oxygen atoms in total. The number of anilines is 1. The van der Waals surface area contributed by atoms with E-state index in [2.05, 4.69) is 0 Å². The van der Waals surface area contributed by atoms with E-state index in [1.807, 2.05) is 6.07 Å². The predicted octanol–water partition coefficient (Wildman–Crippen LogP) is 3.25. The molecule has 0 bridgehead atoms. The Labute approximate surface area is 182 Å². The first kappa shape index (κ1) is 20.7. The van der Waals surface area contributed by atoms with Crippen LogP contribution in [0.25, 0.3) is 5.69 Å². The van der Waals surface area contributed by atoms with Gasteiger partial charge in [-0.2, -0.15) is 0 Å². The molecular formula is C20H17Cl2N3O4S. The fraction of sp³-hybridized carbons (Fsp3) is 0.200. The molecule has 1 amide bonds. The van der Waals surface area contributed by atoms with Gasteiger partial charge in [-0.05, 0) is 31.2 Å². The summed E-state index contributed by atoms with van der Waals surface area (Å²) in [5.74, 6) is -1.40. The molecule has 0 aliphatic carbocycles. The van der Waals surface area contributed by atoms with E-state index in [1.54, 1.807) is 42.9 Å². The zero-order chi connectivity index (χ0) is 21.8. The smallest absolute Gasteiger partial charge is 0.283 e. The Kier molecular flexibility index (Phi) is 5.04. The van der Waals surface area contributed by atoms with Crippen molar-refractivity contribution in [2.45, 2.75) is 12.3 Å². The second-order valence-electron chi connectivity index (χ2n) is 7.00. The summed E-state index contributed by atoms with van der Waals surface area (Å²) in [6.07, 6.45) is 0. The number of nitrogens with zero attached hydrogens (tertiary/aromatic N) is 3. The van der Waals surface area contributed by atoms with Crippen molar-refractivity contribution in [3.05, 3.63) is 80.2 Å². The molecule has 0 unspecified atom stereocenters. The first-order chi connectivity index (χ1) is 14.1. The highest BCUT2D eigenvalue weighted by Gasteiger charge is 2.48. The third kappa shape index (κ3) is 3.15. The fourth-order valence-corrected chi connectivity index (χ4v) is 6.07. The Balaban J connectivity index is 1.97. The second kappa shape index (κ2) is 7.30. The summed E-state index contributed by atoms with van der Waals surface area (Å²) in [5, 5.41) is -0.972. The van der Waals surface area contributed by atoms with Gasteiger partial charge >= 0.3 is 0 Å². The van der Waals surface area contributed by atoms with Crippen molar-refractivity contribution >= 4 is 44.6 Å². The van der Waals surface area contributed by atoms with Gasteiger partial charge in [-0.3, -0.25) is 19.2 Å². The molecule has 0 N–H and O–H groups in total. The lowest BCUT2D eigenvalue weighted by Crippen LogP contribution is -2.34. The Morgan fingerprint density at radius 2 is 1.70 bits per heavy atom. The van der Waals surface area contributed by atoms with Crippen molar-refractivity contribution in [2.75, 3.05) is 10.7 Å². The summed E-state index contributed by atoms with van der Waals surface area (Å²) >= 11 is 12.2. The molecule has 1 saturated heterocycles. The van der Waals surface area contributed by atoms with Crippen LogP contribution < -0.4 is 10.5 Å². The molecule has 156 valence electrons. The normalized spacial score (nSPS) is 18.2. The maximum absolute atomic E-state index is 13.4. The van der Waals surface area contributed by atoms with Crippen LogP contribution in [0.5, 0.6) is 0 Å². The van der Waals surface area contributed by atoms with Crippen molar-refractivity contribution in [1.29, 1.82) is 0 Å². The third-order valence-electron chi connectivity index (χ3n) is 5.16. The van der Waals surface area contributed by atoms with E-state index in [-0.39, 0.29) is 16.3 Å². The summed E-state index contributed by atoms with van der Waals surface area (Å²) in [7, 11) is -2.26. The monoisotopic (exact) mass is 465 g/mol. The Morgan fingerprint density at radius 3 is 2.33 bits per heavy atom. The molecule has 1 aliphatic heterocycles. The molecular weight excluding hydrogens is 449 g/mol. The number of benzene rings is 2. The molecule has 30 heavy (non-hydrogen) atoms. The van der Waals surface area contributed by atoms with Crippen molar-refractivity contribution in [1.82, 2.24) is 9.36 Å². The molecule has 2 heterocycles. The van der Waals surface area contributed by atoms with Crippen LogP contribution in [0.3, 0.4) is 0 Å². The topological polar surface area (TPSA) is 81.4 Å². The van der Waals surface area contributed by atoms with Gasteiger partial charge in [-0.25, -0.2) is 13.1 Å². The summed E-state index contributed by atoms with van der Waals surface area (Å²) in [6.45, 7) is 1.66. The summed E-state index contributed by atoms with van der Waals surface area (Å²) in [6, 6.07) is 13.3. The lowest BCUT2D eigenvalue weighted by molar-refractivity contribution is -0.115. The van der Waals surface area contributed by atoms with E-state index >= 15 is 0 Å². The van der Waals surface area contributed by atoms with Crippen molar-refractivity contribution in [2.24, 2.45) is 7.05 Å². The number of carbonyl (C=O) groups excluding carboxylic acids is 1. The molecule has 1 aliphatic rings. The maximum atomic E-state index is 13.4. The molecule has 3 aromatic rings. The molecule has 4 rings (SSSR count). The van der Waals surface area contributed by atoms with E-state index in [0.717, 1.165) is 4.90 Å². The van der Waals surface area contributed by atoms with Gasteiger partial charge in [0.2, 0.25) is 5.91 Å². The standard InChI is InChI=1S/C20H17Cl2N3O4S/c1-12-18(19(27)25(23(12)2)14-6-4-3-5-7-14)24-17(26)11-30(28,29)20(24)15-9-8-13(21)10-16(15)22/h3-10,20H,11H2,1-2H3/t20-/m1/s1. The Hall–Kier alpha value is -2.55. The van der Waals surface area contributed by atoms with Crippen LogP contribution in [0.1, 0.15) is 16.6 Å². The van der Waals surface area contributed by atoms with Crippen molar-refractivity contribution < 1.29 is 13.2 Å². The van der Waals surface area contributed by atoms with Gasteiger partial charge in [0.1, 0.15) is 11.4 Å². The number of amides is 1. The average molecular weight is 466 g/mol. The number of halogens is 2. The second-order valence-corrected chi connectivity index (χ2v) is 9.90. The molecule has 1 fully saturated rings. The maximum Gasteiger partial charge on any atom is 0.295 e. The van der Waals surface area contributed by atoms with Gasteiger partial charge in [0.15, 0.2) is 15.2 Å². The Morgan fingerprint density at radius 1 is 1.03 bits per heavy atom. The first-order valence-corrected chi connectivity index (χ1v) is 11.4. The fourth-order valence-electron chi connectivity index (χ4n) is 3.72. The zero-order valence-electron chi connectivity index (χ0n) is 16.0. The van der Waals surface area contributed by atoms with E-state index in [1.165, 1.54) is 22.9 Å². The van der Waals surface area contributed by atoms with Gasteiger partial charge in [-0.15, -0.1) is 0 Å². The van der Waals surface area contributed by atoms with Crippen LogP contribution in [0.2, 0.25) is 10.0 Å². The molecule has 0 saturated carbocycles. The average Bonchev–Trinajstić information content (AvgIpc) is 3.04. The van der Waals surface area contributed by atoms with Crippen LogP contribution in [0, 0.1) is 6.92 Å². The number of rotatable bonds is 3. The van der Waals surface area contributed by atoms with Crippen LogP contribution in [0.15, 0.2) is 53.3 Å². The molecule has 10 heteroatoms. The lowest BCUT2D eigenvalue weighted by atomic mass is 10.2. The summed E-state index contributed by atoms with van der Waals surface area (Å²) in [5.41, 5.74) is 0.741. The highest BCUT2D eigenvalue weighted by Crippen LogP contribution is 2.41. The predicted molar refractivity (Wildman–Crippen MR) is 116 cm³/mol. The number of aromatic nitrogens is 2. The largest absolute Gasteiger partial charge is 0.295 e. The number of hydrogen-bond donors (Lipinski definition) is 0. The van der Waals surface area contributed by atoms with Gasteiger partial charge in [0.05, 0.1) is 11.4 Å². The summed E-state index contributed by atoms with van der Waals surface area (Å²) < 4.78 is 28.8. The van der Waals surface area contributed by atoms with Crippen LogP contribution in [0.4, 0.5) is 5.69 Å². The Bertz CT molecular complexity index is 1330. The zero-order valence-corrected chi connectivity index (χ0v) is 18.4. The van der Waals surface area contributed by atoms with Crippen LogP contribution in [-0.4, -0.2) is 29.4 Å². The van der Waals surface area contributed by atoms with E-state index in [0.29, 0.717) is 16.4 Å². The number of para-hydroxylation sites is 1. The van der Waals surface area contributed by atoms with E-state index in [9.17, 15) is 18.0 Å². The number of sulfone groups is 1. The minimum absolute atomic E-state index is 0.00319. The lowest BCUT2D eigenvalue weighted by Gasteiger charge is -2.23. The highest BCUT2D eigenvalue weighted by atomic mass is 35.5. The molecule has 2 aromatic carbocycles. The molecule has 1 atom stereocenters. The molecule has 1 aromatic heterocycles. The molecule has 0 radical (unpaired) electrons. The van der Waals surface area contributed by atoms with Gasteiger partial charge in [-0.1, -0.05) is 47.5 Å². The van der Waals surface area contributed by atoms with Crippen LogP contribution in [-0.2, 0) is 21.7 Å². The minimum Gasteiger partial charge on any atom is -0.283 e.